The number of amides is 2. The highest BCUT2D eigenvalue weighted by Gasteiger charge is 2.32. The summed E-state index contributed by atoms with van der Waals surface area (Å²) < 4.78 is 12.1. The number of nitrogens with one attached hydrogen (secondary N) is 2. The number of carbonyl (C=O) groups excluding carboxylic acids is 4. The fourth-order valence-corrected chi connectivity index (χ4v) is 5.21. The lowest BCUT2D eigenvalue weighted by Gasteiger charge is -2.18. The van der Waals surface area contributed by atoms with Gasteiger partial charge in [0.25, 0.3) is 22.2 Å². The van der Waals surface area contributed by atoms with E-state index in [9.17, 15) is 38.4 Å². The van der Waals surface area contributed by atoms with Crippen molar-refractivity contribution in [3.8, 4) is 0 Å². The average molecular weight is 667 g/mol. The van der Waals surface area contributed by atoms with Gasteiger partial charge in [-0.2, -0.15) is 0 Å². The number of hydrogen-bond acceptors (Lipinski definition) is 10. The van der Waals surface area contributed by atoms with Gasteiger partial charge in [0.2, 0.25) is 11.8 Å². The van der Waals surface area contributed by atoms with Gasteiger partial charge >= 0.3 is 11.9 Å². The standard InChI is InChI=1S/C34H42N4O10/c1-17(2)13-25(33(45)47-11-9-35-27(39)19(5)6)37-29(41)21-15-23-24(16-22(21)30(37)42)32(44)38(31(23)43)26(14-18(3)4)34(46)48-12-10-36-28(40)20(7)8/h15-18,25-26H,5,7,9-14H2,1-4,6,8H3,(H,35,39)(H,36,40). The van der Waals surface area contributed by atoms with Crippen molar-refractivity contribution in [2.45, 2.75) is 66.5 Å². The minimum absolute atomic E-state index is 0.0156. The van der Waals surface area contributed by atoms with Crippen LogP contribution in [-0.2, 0) is 28.7 Å². The molecule has 3 aromatic rings. The summed E-state index contributed by atoms with van der Waals surface area (Å²) in [5.41, 5.74) is -2.83. The Morgan fingerprint density at radius 2 is 0.917 bits per heavy atom. The van der Waals surface area contributed by atoms with Crippen LogP contribution in [0.3, 0.4) is 0 Å². The van der Waals surface area contributed by atoms with E-state index in [-0.39, 0.29) is 83.7 Å². The van der Waals surface area contributed by atoms with Crippen LogP contribution in [0.15, 0.2) is 55.6 Å². The third kappa shape index (κ3) is 8.22. The number of aromatic nitrogens is 2. The molecule has 1 aromatic carbocycles. The molecule has 14 nitrogen and oxygen atoms in total. The second kappa shape index (κ2) is 15.6. The zero-order chi connectivity index (χ0) is 36.0. The van der Waals surface area contributed by atoms with Crippen LogP contribution >= 0.6 is 0 Å². The van der Waals surface area contributed by atoms with Crippen LogP contribution in [0.5, 0.6) is 0 Å². The van der Waals surface area contributed by atoms with Gasteiger partial charge in [0.15, 0.2) is 0 Å². The van der Waals surface area contributed by atoms with E-state index in [0.29, 0.717) is 0 Å². The Labute approximate surface area is 276 Å². The Bertz CT molecular complexity index is 1760. The first-order chi connectivity index (χ1) is 22.5. The van der Waals surface area contributed by atoms with E-state index >= 15 is 0 Å². The van der Waals surface area contributed by atoms with E-state index in [1.54, 1.807) is 27.7 Å². The molecule has 2 unspecified atom stereocenters. The largest absolute Gasteiger partial charge is 0.462 e. The van der Waals surface area contributed by atoms with E-state index < -0.39 is 58.1 Å². The van der Waals surface area contributed by atoms with Crippen LogP contribution in [0, 0.1) is 11.8 Å². The molecule has 0 aliphatic heterocycles. The van der Waals surface area contributed by atoms with Crippen LogP contribution in [-0.4, -0.2) is 59.2 Å². The number of hydrogen-bond donors (Lipinski definition) is 2. The summed E-state index contributed by atoms with van der Waals surface area (Å²) in [7, 11) is 0. The highest BCUT2D eigenvalue weighted by Crippen LogP contribution is 2.23. The van der Waals surface area contributed by atoms with E-state index in [4.69, 9.17) is 9.47 Å². The lowest BCUT2D eigenvalue weighted by atomic mass is 10.0. The molecule has 0 fully saturated rings. The van der Waals surface area contributed by atoms with Gasteiger partial charge in [-0.15, -0.1) is 0 Å². The zero-order valence-electron chi connectivity index (χ0n) is 28.1. The highest BCUT2D eigenvalue weighted by atomic mass is 16.5. The third-order valence-electron chi connectivity index (χ3n) is 7.55. The van der Waals surface area contributed by atoms with Crippen molar-refractivity contribution >= 4 is 45.3 Å². The number of carbonyl (C=O) groups is 4. The fraction of sp³-hybridized carbons (Fsp3) is 0.471. The minimum Gasteiger partial charge on any atom is -0.462 e. The summed E-state index contributed by atoms with van der Waals surface area (Å²) in [6.45, 7) is 16.8. The van der Waals surface area contributed by atoms with Crippen molar-refractivity contribution in [3.05, 3.63) is 77.9 Å². The SMILES string of the molecule is C=C(C)C(=O)NCCOC(=O)C(CC(C)C)n1c(=O)c2cc3c(=O)n(C(CC(C)C)C(=O)OCCNC(=O)C(=C)C)c(=O)c3cc2c1=O. The molecule has 0 saturated heterocycles. The zero-order valence-corrected chi connectivity index (χ0v) is 28.1. The van der Waals surface area contributed by atoms with Gasteiger partial charge in [0.1, 0.15) is 25.3 Å². The molecule has 2 heterocycles. The molecule has 3 rings (SSSR count). The van der Waals surface area contributed by atoms with Gasteiger partial charge < -0.3 is 20.1 Å². The Kier molecular flexibility index (Phi) is 12.2. The molecule has 0 spiro atoms. The van der Waals surface area contributed by atoms with Crippen molar-refractivity contribution in [1.82, 2.24) is 19.8 Å². The first-order valence-corrected chi connectivity index (χ1v) is 15.6. The second-order valence-corrected chi connectivity index (χ2v) is 12.6. The maximum absolute atomic E-state index is 13.6. The van der Waals surface area contributed by atoms with Crippen molar-refractivity contribution < 1.29 is 28.7 Å². The van der Waals surface area contributed by atoms with Crippen LogP contribution in [0.4, 0.5) is 0 Å². The van der Waals surface area contributed by atoms with Crippen molar-refractivity contribution in [2.75, 3.05) is 26.3 Å². The van der Waals surface area contributed by atoms with Crippen molar-refractivity contribution in [2.24, 2.45) is 11.8 Å². The first-order valence-electron chi connectivity index (χ1n) is 15.6. The molecule has 0 bridgehead atoms. The normalized spacial score (nSPS) is 12.7. The molecular formula is C34H42N4O10. The maximum atomic E-state index is 13.6. The summed E-state index contributed by atoms with van der Waals surface area (Å²) >= 11 is 0. The fourth-order valence-electron chi connectivity index (χ4n) is 5.21. The second-order valence-electron chi connectivity index (χ2n) is 12.6. The molecule has 0 radical (unpaired) electrons. The van der Waals surface area contributed by atoms with E-state index in [2.05, 4.69) is 23.8 Å². The molecule has 2 N–H and O–H groups in total. The van der Waals surface area contributed by atoms with E-state index in [1.807, 2.05) is 0 Å². The Morgan fingerprint density at radius 1 is 0.625 bits per heavy atom. The number of rotatable bonds is 16. The molecule has 2 amide bonds. The summed E-state index contributed by atoms with van der Waals surface area (Å²) in [5, 5.41) is 4.35. The Balaban J connectivity index is 2.01. The molecule has 48 heavy (non-hydrogen) atoms. The summed E-state index contributed by atoms with van der Waals surface area (Å²) in [6, 6.07) is -0.336. The third-order valence-corrected chi connectivity index (χ3v) is 7.55. The van der Waals surface area contributed by atoms with Gasteiger partial charge in [-0.3, -0.25) is 37.9 Å². The van der Waals surface area contributed by atoms with Crippen LogP contribution in [0.2, 0.25) is 0 Å². The highest BCUT2D eigenvalue weighted by molar-refractivity contribution is 5.98. The molecule has 0 aliphatic rings. The maximum Gasteiger partial charge on any atom is 0.329 e. The van der Waals surface area contributed by atoms with Crippen molar-refractivity contribution in [3.63, 3.8) is 0 Å². The van der Waals surface area contributed by atoms with Gasteiger partial charge in [-0.05, 0) is 50.7 Å². The topological polar surface area (TPSA) is 189 Å². The van der Waals surface area contributed by atoms with Crippen LogP contribution in [0.1, 0.15) is 66.5 Å². The molecule has 0 saturated carbocycles. The molecule has 2 atom stereocenters. The smallest absolute Gasteiger partial charge is 0.329 e. The molecular weight excluding hydrogens is 624 g/mol. The van der Waals surface area contributed by atoms with Crippen molar-refractivity contribution in [1.29, 1.82) is 0 Å². The van der Waals surface area contributed by atoms with E-state index in [0.717, 1.165) is 21.3 Å². The molecule has 2 aromatic heterocycles. The quantitative estimate of drug-likeness (QED) is 0.129. The van der Waals surface area contributed by atoms with Gasteiger partial charge in [-0.25, -0.2) is 9.59 Å². The molecule has 14 heteroatoms. The van der Waals surface area contributed by atoms with Gasteiger partial charge in [0, 0.05) is 11.1 Å². The predicted octanol–water partition coefficient (Wildman–Crippen LogP) is 1.56. The van der Waals surface area contributed by atoms with E-state index in [1.165, 1.54) is 13.8 Å². The Morgan fingerprint density at radius 3 is 1.17 bits per heavy atom. The van der Waals surface area contributed by atoms with Gasteiger partial charge in [0.05, 0.1) is 34.6 Å². The lowest BCUT2D eigenvalue weighted by molar-refractivity contribution is -0.149. The van der Waals surface area contributed by atoms with Gasteiger partial charge in [-0.1, -0.05) is 40.9 Å². The summed E-state index contributed by atoms with van der Waals surface area (Å²) in [4.78, 5) is 104. The number of nitrogens with zero attached hydrogens (tertiary/aromatic N) is 2. The number of ether oxygens (including phenoxy) is 2. The number of benzene rings is 1. The number of esters is 2. The van der Waals surface area contributed by atoms with Crippen LogP contribution in [0.25, 0.3) is 21.5 Å². The molecule has 258 valence electrons. The average Bonchev–Trinajstić information content (AvgIpc) is 3.40. The number of fused-ring (bicyclic) bond motifs is 2. The summed E-state index contributed by atoms with van der Waals surface area (Å²) in [5.74, 6) is -2.84. The minimum atomic E-state index is -1.31. The monoisotopic (exact) mass is 666 g/mol. The predicted molar refractivity (Wildman–Crippen MR) is 179 cm³/mol. The first kappa shape index (κ1) is 37.3. The summed E-state index contributed by atoms with van der Waals surface area (Å²) in [6.07, 6.45) is 0.146. The Hall–Kier alpha value is -5.14. The van der Waals surface area contributed by atoms with Crippen LogP contribution < -0.4 is 32.9 Å². The molecule has 0 aliphatic carbocycles. The lowest BCUT2D eigenvalue weighted by Crippen LogP contribution is -2.37.